The number of carbonyl (C=O) groups is 1. The maximum Gasteiger partial charge on any atom is 0.306 e. The van der Waals surface area contributed by atoms with Crippen molar-refractivity contribution < 1.29 is 20.1 Å². The predicted octanol–water partition coefficient (Wildman–Crippen LogP) is -0.407. The van der Waals surface area contributed by atoms with Crippen LogP contribution in [0.2, 0.25) is 0 Å². The van der Waals surface area contributed by atoms with Gasteiger partial charge in [0.25, 0.3) is 0 Å². The Bertz CT molecular complexity index is 157. The molecule has 1 fully saturated rings. The van der Waals surface area contributed by atoms with Gasteiger partial charge in [-0.25, -0.2) is 0 Å². The van der Waals surface area contributed by atoms with E-state index in [2.05, 4.69) is 0 Å². The summed E-state index contributed by atoms with van der Waals surface area (Å²) in [5, 5.41) is 26.7. The van der Waals surface area contributed by atoms with Gasteiger partial charge in [0.05, 0.1) is 18.1 Å². The van der Waals surface area contributed by atoms with Crippen LogP contribution in [0, 0.1) is 5.92 Å². The molecule has 1 rings (SSSR count). The average Bonchev–Trinajstić information content (AvgIpc) is 1.94. The number of carboxylic acid groups (broad SMARTS) is 1. The molecule has 0 aromatic rings. The molecule has 3 N–H and O–H groups in total. The number of hydrogen-bond acceptors (Lipinski definition) is 3. The van der Waals surface area contributed by atoms with Gasteiger partial charge in [-0.15, -0.1) is 0 Å². The summed E-state index contributed by atoms with van der Waals surface area (Å²) in [6, 6.07) is 0. The zero-order valence-electron chi connectivity index (χ0n) is 6.10. The average molecular weight is 160 g/mol. The predicted molar refractivity (Wildman–Crippen MR) is 37.0 cm³/mol. The molecule has 0 radical (unpaired) electrons. The first kappa shape index (κ1) is 8.49. The van der Waals surface area contributed by atoms with E-state index in [1.165, 1.54) is 0 Å². The van der Waals surface area contributed by atoms with Gasteiger partial charge >= 0.3 is 5.97 Å². The van der Waals surface area contributed by atoms with E-state index in [1.54, 1.807) is 0 Å². The van der Waals surface area contributed by atoms with Crippen LogP contribution in [0.25, 0.3) is 0 Å². The van der Waals surface area contributed by atoms with Gasteiger partial charge in [0.2, 0.25) is 0 Å². The first-order valence-corrected chi connectivity index (χ1v) is 3.70. The molecule has 3 atom stereocenters. The standard InChI is InChI=1S/C7H12O4/c8-5-2-1-4(7(10)11)3-6(5)9/h4-6,8-9H,1-3H2,(H,10,11)/t4-,5+,6+/m1/s1. The Balaban J connectivity index is 2.46. The quantitative estimate of drug-likeness (QED) is 0.487. The largest absolute Gasteiger partial charge is 0.481 e. The Morgan fingerprint density at radius 2 is 1.82 bits per heavy atom. The third-order valence-electron chi connectivity index (χ3n) is 2.13. The van der Waals surface area contributed by atoms with E-state index in [1.807, 2.05) is 0 Å². The molecule has 0 aromatic heterocycles. The Hall–Kier alpha value is -0.610. The van der Waals surface area contributed by atoms with Gasteiger partial charge < -0.3 is 15.3 Å². The normalized spacial score (nSPS) is 38.5. The van der Waals surface area contributed by atoms with E-state index in [9.17, 15) is 4.79 Å². The second-order valence-corrected chi connectivity index (χ2v) is 2.98. The summed E-state index contributed by atoms with van der Waals surface area (Å²) in [5.74, 6) is -1.36. The Labute approximate surface area is 64.5 Å². The van der Waals surface area contributed by atoms with Gasteiger partial charge in [0, 0.05) is 0 Å². The van der Waals surface area contributed by atoms with Crippen molar-refractivity contribution in [2.75, 3.05) is 0 Å². The minimum absolute atomic E-state index is 0.177. The van der Waals surface area contributed by atoms with E-state index in [-0.39, 0.29) is 6.42 Å². The minimum Gasteiger partial charge on any atom is -0.481 e. The van der Waals surface area contributed by atoms with Gasteiger partial charge in [-0.1, -0.05) is 0 Å². The molecule has 4 nitrogen and oxygen atoms in total. The topological polar surface area (TPSA) is 77.8 Å². The molecule has 0 aromatic carbocycles. The number of aliphatic carboxylic acids is 1. The van der Waals surface area contributed by atoms with Crippen LogP contribution in [0.1, 0.15) is 19.3 Å². The summed E-state index contributed by atoms with van der Waals surface area (Å²) >= 11 is 0. The van der Waals surface area contributed by atoms with Gasteiger partial charge in [-0.3, -0.25) is 4.79 Å². The van der Waals surface area contributed by atoms with Gasteiger partial charge in [0.15, 0.2) is 0 Å². The molecule has 0 bridgehead atoms. The van der Waals surface area contributed by atoms with E-state index in [0.29, 0.717) is 12.8 Å². The lowest BCUT2D eigenvalue weighted by molar-refractivity contribution is -0.146. The molecule has 0 saturated heterocycles. The van der Waals surface area contributed by atoms with Crippen LogP contribution < -0.4 is 0 Å². The molecule has 0 spiro atoms. The van der Waals surface area contributed by atoms with Crippen molar-refractivity contribution in [3.63, 3.8) is 0 Å². The molecular weight excluding hydrogens is 148 g/mol. The highest BCUT2D eigenvalue weighted by Crippen LogP contribution is 2.24. The maximum atomic E-state index is 10.4. The molecule has 1 aliphatic carbocycles. The van der Waals surface area contributed by atoms with E-state index in [4.69, 9.17) is 15.3 Å². The molecule has 0 unspecified atom stereocenters. The highest BCUT2D eigenvalue weighted by Gasteiger charge is 2.31. The number of rotatable bonds is 1. The van der Waals surface area contributed by atoms with Crippen LogP contribution in [0.4, 0.5) is 0 Å². The molecule has 1 aliphatic rings. The molecule has 0 amide bonds. The number of aliphatic hydroxyl groups is 2. The lowest BCUT2D eigenvalue weighted by Crippen LogP contribution is -2.36. The highest BCUT2D eigenvalue weighted by atomic mass is 16.4. The van der Waals surface area contributed by atoms with Crippen molar-refractivity contribution in [1.82, 2.24) is 0 Å². The smallest absolute Gasteiger partial charge is 0.306 e. The summed E-state index contributed by atoms with van der Waals surface area (Å²) in [6.45, 7) is 0. The fraction of sp³-hybridized carbons (Fsp3) is 0.857. The first-order chi connectivity index (χ1) is 5.11. The van der Waals surface area contributed by atoms with E-state index >= 15 is 0 Å². The fourth-order valence-electron chi connectivity index (χ4n) is 1.36. The Morgan fingerprint density at radius 1 is 1.18 bits per heavy atom. The minimum atomic E-state index is -0.879. The van der Waals surface area contributed by atoms with Gasteiger partial charge in [-0.2, -0.15) is 0 Å². The maximum absolute atomic E-state index is 10.4. The number of carboxylic acids is 1. The number of aliphatic hydroxyl groups excluding tert-OH is 2. The SMILES string of the molecule is O=C(O)[C@@H]1CC[C@H](O)[C@@H](O)C1. The van der Waals surface area contributed by atoms with Gasteiger partial charge in [-0.05, 0) is 19.3 Å². The third-order valence-corrected chi connectivity index (χ3v) is 2.13. The summed E-state index contributed by atoms with van der Waals surface area (Å²) in [6.07, 6.45) is -0.558. The van der Waals surface area contributed by atoms with E-state index < -0.39 is 24.1 Å². The Morgan fingerprint density at radius 3 is 2.27 bits per heavy atom. The van der Waals surface area contributed by atoms with Crippen molar-refractivity contribution in [2.45, 2.75) is 31.5 Å². The second kappa shape index (κ2) is 3.19. The van der Waals surface area contributed by atoms with Crippen LogP contribution in [-0.4, -0.2) is 33.5 Å². The monoisotopic (exact) mass is 160 g/mol. The van der Waals surface area contributed by atoms with Gasteiger partial charge in [0.1, 0.15) is 0 Å². The lowest BCUT2D eigenvalue weighted by atomic mass is 9.85. The zero-order chi connectivity index (χ0) is 8.43. The zero-order valence-corrected chi connectivity index (χ0v) is 6.10. The second-order valence-electron chi connectivity index (χ2n) is 2.98. The molecule has 0 heterocycles. The van der Waals surface area contributed by atoms with Crippen LogP contribution >= 0.6 is 0 Å². The lowest BCUT2D eigenvalue weighted by Gasteiger charge is -2.27. The van der Waals surface area contributed by atoms with Crippen molar-refractivity contribution in [3.8, 4) is 0 Å². The summed E-state index contributed by atoms with van der Waals surface area (Å²) in [4.78, 5) is 10.4. The Kier molecular flexibility index (Phi) is 2.46. The highest BCUT2D eigenvalue weighted by molar-refractivity contribution is 5.70. The van der Waals surface area contributed by atoms with E-state index in [0.717, 1.165) is 0 Å². The third kappa shape index (κ3) is 1.91. The van der Waals surface area contributed by atoms with Crippen LogP contribution in [-0.2, 0) is 4.79 Å². The van der Waals surface area contributed by atoms with Crippen molar-refractivity contribution in [2.24, 2.45) is 5.92 Å². The van der Waals surface area contributed by atoms with Crippen molar-refractivity contribution in [3.05, 3.63) is 0 Å². The molecule has 64 valence electrons. The molecule has 11 heavy (non-hydrogen) atoms. The molecule has 0 aliphatic heterocycles. The number of hydrogen-bond donors (Lipinski definition) is 3. The molecule has 1 saturated carbocycles. The van der Waals surface area contributed by atoms with Crippen molar-refractivity contribution >= 4 is 5.97 Å². The van der Waals surface area contributed by atoms with Crippen LogP contribution in [0.3, 0.4) is 0 Å². The summed E-state index contributed by atoms with van der Waals surface area (Å²) in [5.41, 5.74) is 0. The molecular formula is C7H12O4. The summed E-state index contributed by atoms with van der Waals surface area (Å²) in [7, 11) is 0. The fourth-order valence-corrected chi connectivity index (χ4v) is 1.36. The van der Waals surface area contributed by atoms with Crippen LogP contribution in [0.15, 0.2) is 0 Å². The summed E-state index contributed by atoms with van der Waals surface area (Å²) < 4.78 is 0. The first-order valence-electron chi connectivity index (χ1n) is 3.70. The van der Waals surface area contributed by atoms with Crippen LogP contribution in [0.5, 0.6) is 0 Å². The van der Waals surface area contributed by atoms with Crippen molar-refractivity contribution in [1.29, 1.82) is 0 Å². The molecule has 4 heteroatoms.